The Balaban J connectivity index is 1.78. The Labute approximate surface area is 152 Å². The molecular formula is C19H25N3O4. The summed E-state index contributed by atoms with van der Waals surface area (Å²) in [6.07, 6.45) is 3.66. The van der Waals surface area contributed by atoms with E-state index < -0.39 is 11.3 Å². The molecule has 26 heavy (non-hydrogen) atoms. The van der Waals surface area contributed by atoms with Gasteiger partial charge in [-0.1, -0.05) is 19.3 Å². The molecule has 0 radical (unpaired) electrons. The number of nitrogens with one attached hydrogen (secondary N) is 1. The first-order chi connectivity index (χ1) is 12.4. The standard InChI is InChI=1S/C19H25N3O4/c1-13-11-14(5-6-15(13)22-9-10-26-12-16(22)23)21-18(25)19(17(20)24)7-3-2-4-8-19/h5-6,11H,2-4,7-10,12H2,1H3,(H2,20,24)(H,21,25). The number of hydrogen-bond acceptors (Lipinski definition) is 4. The Morgan fingerprint density at radius 3 is 2.58 bits per heavy atom. The van der Waals surface area contributed by atoms with E-state index in [1.165, 1.54) is 0 Å². The lowest BCUT2D eigenvalue weighted by Gasteiger charge is -2.33. The van der Waals surface area contributed by atoms with E-state index in [1.54, 1.807) is 11.0 Å². The van der Waals surface area contributed by atoms with E-state index in [1.807, 2.05) is 19.1 Å². The van der Waals surface area contributed by atoms with Crippen LogP contribution >= 0.6 is 0 Å². The number of amides is 3. The van der Waals surface area contributed by atoms with Crippen LogP contribution in [0.1, 0.15) is 37.7 Å². The molecule has 0 atom stereocenters. The summed E-state index contributed by atoms with van der Waals surface area (Å²) >= 11 is 0. The molecule has 1 saturated heterocycles. The highest BCUT2D eigenvalue weighted by atomic mass is 16.5. The molecule has 3 N–H and O–H groups in total. The Kier molecular flexibility index (Phi) is 5.27. The number of carbonyl (C=O) groups excluding carboxylic acids is 3. The number of benzene rings is 1. The fourth-order valence-electron chi connectivity index (χ4n) is 3.80. The first-order valence-corrected chi connectivity index (χ1v) is 9.04. The minimum absolute atomic E-state index is 0.0778. The molecule has 1 saturated carbocycles. The van der Waals surface area contributed by atoms with E-state index in [2.05, 4.69) is 5.32 Å². The highest BCUT2D eigenvalue weighted by molar-refractivity contribution is 6.10. The zero-order valence-electron chi connectivity index (χ0n) is 15.0. The van der Waals surface area contributed by atoms with Gasteiger partial charge in [0.1, 0.15) is 12.0 Å². The van der Waals surface area contributed by atoms with Gasteiger partial charge in [0, 0.05) is 17.9 Å². The first-order valence-electron chi connectivity index (χ1n) is 9.04. The smallest absolute Gasteiger partial charge is 0.253 e. The van der Waals surface area contributed by atoms with Crippen molar-refractivity contribution in [2.24, 2.45) is 11.1 Å². The number of aryl methyl sites for hydroxylation is 1. The van der Waals surface area contributed by atoms with Crippen LogP contribution in [-0.4, -0.2) is 37.5 Å². The Bertz CT molecular complexity index is 725. The van der Waals surface area contributed by atoms with Crippen LogP contribution in [0.2, 0.25) is 0 Å². The molecule has 1 aromatic rings. The molecule has 3 amide bonds. The average Bonchev–Trinajstić information content (AvgIpc) is 2.63. The predicted octanol–water partition coefficient (Wildman–Crippen LogP) is 1.73. The van der Waals surface area contributed by atoms with Crippen LogP contribution in [0.15, 0.2) is 18.2 Å². The summed E-state index contributed by atoms with van der Waals surface area (Å²) in [4.78, 5) is 38.5. The second-order valence-corrected chi connectivity index (χ2v) is 7.06. The van der Waals surface area contributed by atoms with Crippen molar-refractivity contribution >= 4 is 29.1 Å². The van der Waals surface area contributed by atoms with Gasteiger partial charge < -0.3 is 20.7 Å². The van der Waals surface area contributed by atoms with Crippen LogP contribution in [0.25, 0.3) is 0 Å². The summed E-state index contributed by atoms with van der Waals surface area (Å²) < 4.78 is 5.16. The van der Waals surface area contributed by atoms with Crippen LogP contribution < -0.4 is 16.0 Å². The number of hydrogen-bond donors (Lipinski definition) is 2. The van der Waals surface area contributed by atoms with Crippen LogP contribution in [-0.2, 0) is 19.1 Å². The molecule has 0 unspecified atom stereocenters. The topological polar surface area (TPSA) is 102 Å². The molecule has 1 aliphatic carbocycles. The van der Waals surface area contributed by atoms with Crippen molar-refractivity contribution in [3.8, 4) is 0 Å². The number of rotatable bonds is 4. The molecule has 140 valence electrons. The lowest BCUT2D eigenvalue weighted by Crippen LogP contribution is -2.48. The Morgan fingerprint density at radius 2 is 1.96 bits per heavy atom. The van der Waals surface area contributed by atoms with Crippen LogP contribution in [0.4, 0.5) is 11.4 Å². The average molecular weight is 359 g/mol. The third-order valence-electron chi connectivity index (χ3n) is 5.34. The van der Waals surface area contributed by atoms with E-state index in [-0.39, 0.29) is 18.4 Å². The van der Waals surface area contributed by atoms with Gasteiger partial charge >= 0.3 is 0 Å². The molecule has 2 fully saturated rings. The maximum atomic E-state index is 12.8. The number of carbonyl (C=O) groups is 3. The third-order valence-corrected chi connectivity index (χ3v) is 5.34. The minimum Gasteiger partial charge on any atom is -0.370 e. The summed E-state index contributed by atoms with van der Waals surface area (Å²) in [6.45, 7) is 2.98. The van der Waals surface area contributed by atoms with E-state index in [9.17, 15) is 14.4 Å². The van der Waals surface area contributed by atoms with E-state index in [4.69, 9.17) is 10.5 Å². The highest BCUT2D eigenvalue weighted by Crippen LogP contribution is 2.37. The first kappa shape index (κ1) is 18.4. The van der Waals surface area contributed by atoms with E-state index in [0.717, 1.165) is 30.5 Å². The predicted molar refractivity (Wildman–Crippen MR) is 97.7 cm³/mol. The summed E-state index contributed by atoms with van der Waals surface area (Å²) in [6, 6.07) is 5.37. The molecule has 7 heteroatoms. The zero-order chi connectivity index (χ0) is 18.7. The second kappa shape index (κ2) is 7.45. The van der Waals surface area contributed by atoms with Crippen molar-refractivity contribution in [2.75, 3.05) is 30.0 Å². The largest absolute Gasteiger partial charge is 0.370 e. The summed E-state index contributed by atoms with van der Waals surface area (Å²) in [5.41, 5.74) is 6.72. The van der Waals surface area contributed by atoms with Crippen LogP contribution in [0.3, 0.4) is 0 Å². The van der Waals surface area contributed by atoms with Crippen LogP contribution in [0.5, 0.6) is 0 Å². The number of nitrogens with zero attached hydrogens (tertiary/aromatic N) is 1. The maximum Gasteiger partial charge on any atom is 0.253 e. The van der Waals surface area contributed by atoms with Gasteiger partial charge in [-0.05, 0) is 43.5 Å². The lowest BCUT2D eigenvalue weighted by atomic mass is 9.72. The highest BCUT2D eigenvalue weighted by Gasteiger charge is 2.45. The van der Waals surface area contributed by atoms with Gasteiger partial charge in [0.15, 0.2) is 0 Å². The van der Waals surface area contributed by atoms with Gasteiger partial charge in [-0.25, -0.2) is 0 Å². The Hall–Kier alpha value is -2.41. The van der Waals surface area contributed by atoms with Crippen molar-refractivity contribution in [3.05, 3.63) is 23.8 Å². The van der Waals surface area contributed by atoms with E-state index in [0.29, 0.717) is 31.7 Å². The van der Waals surface area contributed by atoms with Gasteiger partial charge in [0.25, 0.3) is 5.91 Å². The molecule has 2 aliphatic rings. The second-order valence-electron chi connectivity index (χ2n) is 7.06. The van der Waals surface area contributed by atoms with Crippen molar-refractivity contribution in [2.45, 2.75) is 39.0 Å². The van der Waals surface area contributed by atoms with Crippen molar-refractivity contribution in [3.63, 3.8) is 0 Å². The molecule has 3 rings (SSSR count). The number of nitrogens with two attached hydrogens (primary N) is 1. The normalized spacial score (nSPS) is 19.9. The third kappa shape index (κ3) is 3.44. The number of ether oxygens (including phenoxy) is 1. The van der Waals surface area contributed by atoms with E-state index >= 15 is 0 Å². The van der Waals surface area contributed by atoms with Crippen LogP contribution in [0, 0.1) is 12.3 Å². The molecule has 1 aliphatic heterocycles. The maximum absolute atomic E-state index is 12.8. The van der Waals surface area contributed by atoms with Crippen molar-refractivity contribution in [1.29, 1.82) is 0 Å². The molecule has 1 heterocycles. The van der Waals surface area contributed by atoms with Gasteiger partial charge in [-0.15, -0.1) is 0 Å². The molecular weight excluding hydrogens is 334 g/mol. The summed E-state index contributed by atoms with van der Waals surface area (Å²) in [7, 11) is 0. The number of anilines is 2. The van der Waals surface area contributed by atoms with Gasteiger partial charge in [0.2, 0.25) is 11.8 Å². The summed E-state index contributed by atoms with van der Waals surface area (Å²) in [5.74, 6) is -0.965. The molecule has 0 aromatic heterocycles. The quantitative estimate of drug-likeness (QED) is 0.799. The summed E-state index contributed by atoms with van der Waals surface area (Å²) in [5, 5.41) is 2.85. The molecule has 7 nitrogen and oxygen atoms in total. The number of primary amides is 1. The molecule has 1 aromatic carbocycles. The fourth-order valence-corrected chi connectivity index (χ4v) is 3.80. The Morgan fingerprint density at radius 1 is 1.23 bits per heavy atom. The number of morpholine rings is 1. The lowest BCUT2D eigenvalue weighted by molar-refractivity contribution is -0.140. The zero-order valence-corrected chi connectivity index (χ0v) is 15.0. The molecule has 0 spiro atoms. The van der Waals surface area contributed by atoms with Gasteiger partial charge in [-0.2, -0.15) is 0 Å². The van der Waals surface area contributed by atoms with Gasteiger partial charge in [0.05, 0.1) is 6.61 Å². The van der Waals surface area contributed by atoms with Gasteiger partial charge in [-0.3, -0.25) is 14.4 Å². The van der Waals surface area contributed by atoms with Crippen molar-refractivity contribution in [1.82, 2.24) is 0 Å². The fraction of sp³-hybridized carbons (Fsp3) is 0.526. The molecule has 0 bridgehead atoms. The monoisotopic (exact) mass is 359 g/mol. The van der Waals surface area contributed by atoms with Crippen molar-refractivity contribution < 1.29 is 19.1 Å². The SMILES string of the molecule is Cc1cc(NC(=O)C2(C(N)=O)CCCCC2)ccc1N1CCOCC1=O. The minimum atomic E-state index is -1.12.